The van der Waals surface area contributed by atoms with Crippen molar-refractivity contribution in [3.05, 3.63) is 41.4 Å². The van der Waals surface area contributed by atoms with E-state index in [1.54, 1.807) is 17.7 Å². The third kappa shape index (κ3) is 2.62. The molecule has 6 nitrogen and oxygen atoms in total. The van der Waals surface area contributed by atoms with Crippen LogP contribution >= 0.6 is 11.3 Å². The zero-order chi connectivity index (χ0) is 14.1. The maximum absolute atomic E-state index is 5.39. The number of fused-ring (bicyclic) bond motifs is 1. The summed E-state index contributed by atoms with van der Waals surface area (Å²) in [7, 11) is 0. The fourth-order valence-corrected chi connectivity index (χ4v) is 3.26. The second kappa shape index (κ2) is 5.42. The molecule has 3 aromatic rings. The van der Waals surface area contributed by atoms with E-state index in [9.17, 15) is 0 Å². The van der Waals surface area contributed by atoms with Gasteiger partial charge in [0.15, 0.2) is 5.76 Å². The summed E-state index contributed by atoms with van der Waals surface area (Å²) in [6.45, 7) is 1.58. The molecular weight excluding hydrogens is 286 g/mol. The molecule has 21 heavy (non-hydrogen) atoms. The lowest BCUT2D eigenvalue weighted by molar-refractivity contribution is 0.351. The van der Waals surface area contributed by atoms with Gasteiger partial charge in [0.25, 0.3) is 0 Å². The van der Waals surface area contributed by atoms with Gasteiger partial charge in [-0.25, -0.2) is 9.67 Å². The number of thiophene rings is 1. The molecule has 0 aliphatic carbocycles. The van der Waals surface area contributed by atoms with Crippen molar-refractivity contribution in [2.75, 3.05) is 0 Å². The number of nitrogens with zero attached hydrogens (tertiary/aromatic N) is 4. The molecule has 0 fully saturated rings. The molecule has 0 spiro atoms. The van der Waals surface area contributed by atoms with Crippen LogP contribution in [-0.2, 0) is 19.5 Å². The SMILES string of the molecule is c1csc(-c2cc(CN[C@H]3CCc4ncnn4C3)no2)c1. The molecule has 1 atom stereocenters. The monoisotopic (exact) mass is 301 g/mol. The highest BCUT2D eigenvalue weighted by Gasteiger charge is 2.19. The largest absolute Gasteiger partial charge is 0.355 e. The van der Waals surface area contributed by atoms with E-state index in [1.807, 2.05) is 28.3 Å². The number of hydrogen-bond acceptors (Lipinski definition) is 6. The molecule has 0 bridgehead atoms. The Labute approximate surface area is 125 Å². The van der Waals surface area contributed by atoms with Gasteiger partial charge in [-0.1, -0.05) is 11.2 Å². The Morgan fingerprint density at radius 1 is 1.48 bits per heavy atom. The summed E-state index contributed by atoms with van der Waals surface area (Å²) >= 11 is 1.66. The average Bonchev–Trinajstić information content (AvgIpc) is 3.24. The third-order valence-corrected chi connectivity index (χ3v) is 4.58. The van der Waals surface area contributed by atoms with Gasteiger partial charge in [0.2, 0.25) is 0 Å². The maximum Gasteiger partial charge on any atom is 0.177 e. The third-order valence-electron chi connectivity index (χ3n) is 3.70. The van der Waals surface area contributed by atoms with Crippen molar-refractivity contribution >= 4 is 11.3 Å². The zero-order valence-corrected chi connectivity index (χ0v) is 12.2. The molecular formula is C14H15N5OS. The summed E-state index contributed by atoms with van der Waals surface area (Å²) in [5, 5.41) is 13.9. The minimum absolute atomic E-state index is 0.404. The van der Waals surface area contributed by atoms with E-state index in [2.05, 4.69) is 20.6 Å². The highest BCUT2D eigenvalue weighted by atomic mass is 32.1. The quantitative estimate of drug-likeness (QED) is 0.799. The Morgan fingerprint density at radius 2 is 2.48 bits per heavy atom. The molecule has 0 unspecified atom stereocenters. The lowest BCUT2D eigenvalue weighted by Crippen LogP contribution is -2.37. The van der Waals surface area contributed by atoms with Gasteiger partial charge in [-0.3, -0.25) is 0 Å². The first-order valence-electron chi connectivity index (χ1n) is 6.98. The van der Waals surface area contributed by atoms with E-state index in [-0.39, 0.29) is 0 Å². The predicted octanol–water partition coefficient (Wildman–Crippen LogP) is 2.10. The summed E-state index contributed by atoms with van der Waals surface area (Å²) in [5.74, 6) is 1.92. The van der Waals surface area contributed by atoms with Crippen LogP contribution in [0, 0.1) is 0 Å². The van der Waals surface area contributed by atoms with Gasteiger partial charge in [-0.15, -0.1) is 11.3 Å². The van der Waals surface area contributed by atoms with Gasteiger partial charge < -0.3 is 9.84 Å². The smallest absolute Gasteiger partial charge is 0.177 e. The summed E-state index contributed by atoms with van der Waals surface area (Å²) < 4.78 is 7.36. The topological polar surface area (TPSA) is 68.8 Å². The first kappa shape index (κ1) is 12.7. The Morgan fingerprint density at radius 3 is 3.38 bits per heavy atom. The van der Waals surface area contributed by atoms with Crippen LogP contribution < -0.4 is 5.32 Å². The Kier molecular flexibility index (Phi) is 3.28. The minimum Gasteiger partial charge on any atom is -0.355 e. The zero-order valence-electron chi connectivity index (χ0n) is 11.4. The normalized spacial score (nSPS) is 17.8. The van der Waals surface area contributed by atoms with Crippen molar-refractivity contribution in [1.29, 1.82) is 0 Å². The Balaban J connectivity index is 1.37. The van der Waals surface area contributed by atoms with Crippen LogP contribution in [0.1, 0.15) is 17.9 Å². The highest BCUT2D eigenvalue weighted by Crippen LogP contribution is 2.25. The van der Waals surface area contributed by atoms with E-state index < -0.39 is 0 Å². The molecule has 4 rings (SSSR count). The van der Waals surface area contributed by atoms with Crippen molar-refractivity contribution in [3.8, 4) is 10.6 Å². The first-order valence-corrected chi connectivity index (χ1v) is 7.86. The van der Waals surface area contributed by atoms with Crippen LogP contribution in [0.25, 0.3) is 10.6 Å². The summed E-state index contributed by atoms with van der Waals surface area (Å²) in [6.07, 6.45) is 3.67. The van der Waals surface area contributed by atoms with Crippen LogP contribution in [0.4, 0.5) is 0 Å². The van der Waals surface area contributed by atoms with Crippen LogP contribution in [0.15, 0.2) is 34.4 Å². The minimum atomic E-state index is 0.404. The van der Waals surface area contributed by atoms with Crippen LogP contribution in [0.5, 0.6) is 0 Å². The number of nitrogens with one attached hydrogen (secondary N) is 1. The molecule has 1 aliphatic heterocycles. The standard InChI is InChI=1S/C14H15N5OS/c1-2-13(21-5-1)12-6-11(18-20-12)7-15-10-3-4-14-16-9-17-19(14)8-10/h1-2,5-6,9-10,15H,3-4,7-8H2/t10-/m0/s1. The predicted molar refractivity (Wildman–Crippen MR) is 78.8 cm³/mol. The molecule has 4 heterocycles. The number of aryl methyl sites for hydroxylation is 1. The van der Waals surface area contributed by atoms with E-state index in [0.717, 1.165) is 41.5 Å². The average molecular weight is 301 g/mol. The van der Waals surface area contributed by atoms with Crippen molar-refractivity contribution in [3.63, 3.8) is 0 Å². The Hall–Kier alpha value is -1.99. The molecule has 0 amide bonds. The van der Waals surface area contributed by atoms with Crippen molar-refractivity contribution < 1.29 is 4.52 Å². The highest BCUT2D eigenvalue weighted by molar-refractivity contribution is 7.13. The molecule has 108 valence electrons. The molecule has 0 radical (unpaired) electrons. The van der Waals surface area contributed by atoms with Gasteiger partial charge in [0.05, 0.1) is 17.1 Å². The second-order valence-electron chi connectivity index (χ2n) is 5.13. The molecule has 1 aliphatic rings. The second-order valence-corrected chi connectivity index (χ2v) is 6.08. The lowest BCUT2D eigenvalue weighted by atomic mass is 10.1. The van der Waals surface area contributed by atoms with E-state index >= 15 is 0 Å². The molecule has 1 N–H and O–H groups in total. The van der Waals surface area contributed by atoms with Crippen molar-refractivity contribution in [1.82, 2.24) is 25.2 Å². The van der Waals surface area contributed by atoms with Crippen molar-refractivity contribution in [2.24, 2.45) is 0 Å². The van der Waals surface area contributed by atoms with Gasteiger partial charge >= 0.3 is 0 Å². The fourth-order valence-electron chi connectivity index (χ4n) is 2.58. The maximum atomic E-state index is 5.39. The van der Waals surface area contributed by atoms with E-state index in [4.69, 9.17) is 4.52 Å². The van der Waals surface area contributed by atoms with Crippen molar-refractivity contribution in [2.45, 2.75) is 32.0 Å². The molecule has 0 saturated carbocycles. The lowest BCUT2D eigenvalue weighted by Gasteiger charge is -2.23. The Bertz CT molecular complexity index is 717. The molecule has 0 aromatic carbocycles. The van der Waals surface area contributed by atoms with Crippen LogP contribution in [-0.4, -0.2) is 26.0 Å². The fraction of sp³-hybridized carbons (Fsp3) is 0.357. The van der Waals surface area contributed by atoms with E-state index in [0.29, 0.717) is 12.6 Å². The van der Waals surface area contributed by atoms with Gasteiger partial charge in [-0.05, 0) is 17.9 Å². The molecule has 0 saturated heterocycles. The van der Waals surface area contributed by atoms with E-state index in [1.165, 1.54) is 0 Å². The van der Waals surface area contributed by atoms with Crippen LogP contribution in [0.2, 0.25) is 0 Å². The van der Waals surface area contributed by atoms with Gasteiger partial charge in [0.1, 0.15) is 12.2 Å². The summed E-state index contributed by atoms with van der Waals surface area (Å²) in [5.41, 5.74) is 0.933. The summed E-state index contributed by atoms with van der Waals surface area (Å²) in [6, 6.07) is 6.46. The molecule has 3 aromatic heterocycles. The number of hydrogen-bond donors (Lipinski definition) is 1. The number of aromatic nitrogens is 4. The van der Waals surface area contributed by atoms with Crippen LogP contribution in [0.3, 0.4) is 0 Å². The molecule has 7 heteroatoms. The summed E-state index contributed by atoms with van der Waals surface area (Å²) in [4.78, 5) is 5.35. The van der Waals surface area contributed by atoms with Gasteiger partial charge in [0, 0.05) is 25.1 Å². The number of rotatable bonds is 4. The first-order chi connectivity index (χ1) is 10.4. The van der Waals surface area contributed by atoms with Gasteiger partial charge in [-0.2, -0.15) is 5.10 Å².